The molecule has 1 N–H and O–H groups in total. The third kappa shape index (κ3) is 1.53. The molecular weight excluding hydrogens is 185 g/mol. The van der Waals surface area contributed by atoms with Crippen LogP contribution >= 0.6 is 11.6 Å². The molecule has 0 saturated heterocycles. The fourth-order valence-corrected chi connectivity index (χ4v) is 0.847. The molecule has 0 radical (unpaired) electrons. The van der Waals surface area contributed by atoms with Crippen LogP contribution < -0.4 is 0 Å². The van der Waals surface area contributed by atoms with Gasteiger partial charge in [0, 0.05) is 0 Å². The number of carbonyl (C=O) groups is 1. The Balaban J connectivity index is 3.33. The number of carboxylic acid groups (broad SMARTS) is 1. The lowest BCUT2D eigenvalue weighted by atomic mass is 10.2. The van der Waals surface area contributed by atoms with Crippen LogP contribution in [-0.2, 0) is 0 Å². The van der Waals surface area contributed by atoms with Crippen molar-refractivity contribution in [2.24, 2.45) is 0 Å². The topological polar surface area (TPSA) is 50.2 Å². The molecule has 0 fully saturated rings. The van der Waals surface area contributed by atoms with Gasteiger partial charge in [-0.1, -0.05) is 11.6 Å². The van der Waals surface area contributed by atoms with Crippen molar-refractivity contribution in [1.82, 2.24) is 4.98 Å². The zero-order valence-corrected chi connectivity index (χ0v) is 6.89. The number of carboxylic acids is 1. The molecule has 0 amide bonds. The van der Waals surface area contributed by atoms with Gasteiger partial charge in [-0.15, -0.1) is 0 Å². The number of hydrogen-bond donors (Lipinski definition) is 1. The van der Waals surface area contributed by atoms with Crippen LogP contribution in [0.5, 0.6) is 0 Å². The molecule has 1 heterocycles. The Morgan fingerprint density at radius 1 is 1.75 bits per heavy atom. The van der Waals surface area contributed by atoms with Gasteiger partial charge in [0.2, 0.25) is 0 Å². The summed E-state index contributed by atoms with van der Waals surface area (Å²) in [6, 6.07) is 1.04. The van der Waals surface area contributed by atoms with Crippen LogP contribution in [0.2, 0.25) is 5.15 Å². The Bertz CT molecular complexity index is 340. The molecule has 1 aromatic heterocycles. The lowest BCUT2D eigenvalue weighted by Gasteiger charge is -1.99. The maximum Gasteiger partial charge on any atom is 0.357 e. The smallest absolute Gasteiger partial charge is 0.357 e. The minimum atomic E-state index is -1.42. The van der Waals surface area contributed by atoms with E-state index in [0.717, 1.165) is 6.07 Å². The van der Waals surface area contributed by atoms with Crippen LogP contribution in [0.3, 0.4) is 0 Å². The highest BCUT2D eigenvalue weighted by molar-refractivity contribution is 6.30. The van der Waals surface area contributed by atoms with Crippen LogP contribution in [0.15, 0.2) is 6.07 Å². The van der Waals surface area contributed by atoms with Crippen molar-refractivity contribution < 1.29 is 14.3 Å². The maximum atomic E-state index is 12.8. The molecular formula is C7H5ClFNO2. The Morgan fingerprint density at radius 3 is 2.83 bits per heavy atom. The zero-order valence-electron chi connectivity index (χ0n) is 6.14. The van der Waals surface area contributed by atoms with Gasteiger partial charge in [0.25, 0.3) is 0 Å². The van der Waals surface area contributed by atoms with E-state index in [1.807, 2.05) is 0 Å². The van der Waals surface area contributed by atoms with E-state index in [9.17, 15) is 9.18 Å². The number of aryl methyl sites for hydroxylation is 1. The van der Waals surface area contributed by atoms with Crippen LogP contribution in [0.1, 0.15) is 16.1 Å². The van der Waals surface area contributed by atoms with Crippen LogP contribution in [0.25, 0.3) is 0 Å². The Hall–Kier alpha value is -1.16. The van der Waals surface area contributed by atoms with Crippen molar-refractivity contribution in [3.8, 4) is 0 Å². The van der Waals surface area contributed by atoms with Gasteiger partial charge in [-0.3, -0.25) is 0 Å². The van der Waals surface area contributed by atoms with Gasteiger partial charge in [-0.25, -0.2) is 14.2 Å². The average Bonchev–Trinajstić information content (AvgIpc) is 1.96. The molecule has 0 aromatic carbocycles. The number of pyridine rings is 1. The second-order valence-electron chi connectivity index (χ2n) is 2.23. The monoisotopic (exact) mass is 189 g/mol. The van der Waals surface area contributed by atoms with E-state index in [0.29, 0.717) is 5.56 Å². The molecule has 0 aliphatic rings. The summed E-state index contributed by atoms with van der Waals surface area (Å²) in [4.78, 5) is 13.7. The van der Waals surface area contributed by atoms with Gasteiger partial charge in [-0.05, 0) is 18.6 Å². The van der Waals surface area contributed by atoms with E-state index in [4.69, 9.17) is 16.7 Å². The SMILES string of the molecule is Cc1cc(F)c(C(=O)O)nc1Cl. The van der Waals surface area contributed by atoms with Gasteiger partial charge >= 0.3 is 5.97 Å². The van der Waals surface area contributed by atoms with Crippen LogP contribution in [0, 0.1) is 12.7 Å². The third-order valence-corrected chi connectivity index (χ3v) is 1.69. The zero-order chi connectivity index (χ0) is 9.30. The minimum Gasteiger partial charge on any atom is -0.476 e. The summed E-state index contributed by atoms with van der Waals surface area (Å²) in [5.41, 5.74) is -0.232. The molecule has 64 valence electrons. The molecule has 0 saturated carbocycles. The minimum absolute atomic E-state index is 0.00815. The lowest BCUT2D eigenvalue weighted by molar-refractivity contribution is 0.0685. The van der Waals surface area contributed by atoms with E-state index in [1.54, 1.807) is 6.92 Å². The van der Waals surface area contributed by atoms with Crippen molar-refractivity contribution in [3.63, 3.8) is 0 Å². The maximum absolute atomic E-state index is 12.8. The van der Waals surface area contributed by atoms with Crippen LogP contribution in [-0.4, -0.2) is 16.1 Å². The summed E-state index contributed by atoms with van der Waals surface area (Å²) in [6.45, 7) is 1.55. The highest BCUT2D eigenvalue weighted by Crippen LogP contribution is 2.15. The fourth-order valence-electron chi connectivity index (χ4n) is 0.708. The summed E-state index contributed by atoms with van der Waals surface area (Å²) < 4.78 is 12.8. The molecule has 0 unspecified atom stereocenters. The highest BCUT2D eigenvalue weighted by Gasteiger charge is 2.13. The summed E-state index contributed by atoms with van der Waals surface area (Å²) in [7, 11) is 0. The number of rotatable bonds is 1. The molecule has 1 rings (SSSR count). The second kappa shape index (κ2) is 3.06. The predicted octanol–water partition coefficient (Wildman–Crippen LogP) is 1.88. The summed E-state index contributed by atoms with van der Waals surface area (Å²) in [5, 5.41) is 8.43. The molecule has 0 spiro atoms. The molecule has 3 nitrogen and oxygen atoms in total. The molecule has 0 aliphatic heterocycles. The largest absolute Gasteiger partial charge is 0.476 e. The van der Waals surface area contributed by atoms with Gasteiger partial charge in [0.05, 0.1) is 0 Å². The van der Waals surface area contributed by atoms with Crippen molar-refractivity contribution in [1.29, 1.82) is 0 Å². The number of nitrogens with zero attached hydrogens (tertiary/aromatic N) is 1. The van der Waals surface area contributed by atoms with Crippen molar-refractivity contribution >= 4 is 17.6 Å². The van der Waals surface area contributed by atoms with Crippen LogP contribution in [0.4, 0.5) is 4.39 Å². The molecule has 1 aromatic rings. The number of halogens is 2. The summed E-state index contributed by atoms with van der Waals surface area (Å²) in [6.07, 6.45) is 0. The highest BCUT2D eigenvalue weighted by atomic mass is 35.5. The quantitative estimate of drug-likeness (QED) is 0.687. The van der Waals surface area contributed by atoms with E-state index < -0.39 is 17.5 Å². The summed E-state index contributed by atoms with van der Waals surface area (Å²) >= 11 is 5.49. The molecule has 0 aliphatic carbocycles. The third-order valence-electron chi connectivity index (χ3n) is 1.31. The first-order chi connectivity index (χ1) is 5.52. The van der Waals surface area contributed by atoms with E-state index in [2.05, 4.69) is 4.98 Å². The van der Waals surface area contributed by atoms with E-state index in [1.165, 1.54) is 0 Å². The Morgan fingerprint density at radius 2 is 2.33 bits per heavy atom. The molecule has 5 heteroatoms. The summed E-state index contributed by atoms with van der Waals surface area (Å²) in [5.74, 6) is -2.29. The average molecular weight is 190 g/mol. The Kier molecular flexibility index (Phi) is 2.28. The number of aromatic nitrogens is 1. The van der Waals surface area contributed by atoms with E-state index >= 15 is 0 Å². The van der Waals surface area contributed by atoms with Crippen molar-refractivity contribution in [3.05, 3.63) is 28.3 Å². The van der Waals surface area contributed by atoms with Crippen molar-refractivity contribution in [2.75, 3.05) is 0 Å². The van der Waals surface area contributed by atoms with E-state index in [-0.39, 0.29) is 5.15 Å². The number of aromatic carboxylic acids is 1. The van der Waals surface area contributed by atoms with Crippen molar-refractivity contribution in [2.45, 2.75) is 6.92 Å². The Labute approximate surface area is 72.8 Å². The van der Waals surface area contributed by atoms with Gasteiger partial charge in [-0.2, -0.15) is 0 Å². The predicted molar refractivity (Wildman–Crippen MR) is 40.9 cm³/mol. The second-order valence-corrected chi connectivity index (χ2v) is 2.59. The standard InChI is InChI=1S/C7H5ClFNO2/c1-3-2-4(9)5(7(11)12)10-6(3)8/h2H,1H3,(H,11,12). The molecule has 0 atom stereocenters. The van der Waals surface area contributed by atoms with Gasteiger partial charge in [0.15, 0.2) is 11.5 Å². The normalized spacial score (nSPS) is 9.92. The lowest BCUT2D eigenvalue weighted by Crippen LogP contribution is -2.05. The first-order valence-corrected chi connectivity index (χ1v) is 3.46. The fraction of sp³-hybridized carbons (Fsp3) is 0.143. The number of hydrogen-bond acceptors (Lipinski definition) is 2. The van der Waals surface area contributed by atoms with Gasteiger partial charge < -0.3 is 5.11 Å². The first kappa shape index (κ1) is 8.93. The molecule has 12 heavy (non-hydrogen) atoms. The molecule has 0 bridgehead atoms. The van der Waals surface area contributed by atoms with Gasteiger partial charge in [0.1, 0.15) is 5.15 Å². The first-order valence-electron chi connectivity index (χ1n) is 3.08.